The zero-order chi connectivity index (χ0) is 15.0. The van der Waals surface area contributed by atoms with Crippen molar-refractivity contribution in [1.82, 2.24) is 9.62 Å². The van der Waals surface area contributed by atoms with E-state index in [0.717, 1.165) is 25.7 Å². The summed E-state index contributed by atoms with van der Waals surface area (Å²) in [6.45, 7) is 4.96. The number of sulfonamides is 1. The van der Waals surface area contributed by atoms with E-state index < -0.39 is 10.0 Å². The number of nitrogens with one attached hydrogen (secondary N) is 1. The molecule has 0 saturated heterocycles. The van der Waals surface area contributed by atoms with E-state index in [1.165, 1.54) is 6.42 Å². The molecule has 0 radical (unpaired) electrons. The fourth-order valence-electron chi connectivity index (χ4n) is 2.78. The molecule has 1 rings (SSSR count). The van der Waals surface area contributed by atoms with Crippen molar-refractivity contribution in [3.63, 3.8) is 0 Å². The van der Waals surface area contributed by atoms with Crippen molar-refractivity contribution in [2.45, 2.75) is 64.5 Å². The van der Waals surface area contributed by atoms with Crippen molar-refractivity contribution in [3.8, 4) is 0 Å². The first kappa shape index (κ1) is 17.9. The summed E-state index contributed by atoms with van der Waals surface area (Å²) in [6, 6.07) is 0.476. The van der Waals surface area contributed by atoms with Gasteiger partial charge in [-0.3, -0.25) is 0 Å². The number of aliphatic hydroxyl groups excluding tert-OH is 1. The predicted molar refractivity (Wildman–Crippen MR) is 82.2 cm³/mol. The standard InChI is InChI=1S/C14H30N2O3S/c1-13(2)15-9-6-12-20(18,19)16(10-11-17)14-7-4-3-5-8-14/h13-15,17H,3-12H2,1-2H3. The van der Waals surface area contributed by atoms with Crippen LogP contribution in [0, 0.1) is 0 Å². The molecule has 5 nitrogen and oxygen atoms in total. The lowest BCUT2D eigenvalue weighted by Crippen LogP contribution is -2.44. The Hall–Kier alpha value is -0.170. The van der Waals surface area contributed by atoms with Crippen LogP contribution in [0.15, 0.2) is 0 Å². The Kier molecular flexibility index (Phi) is 8.02. The van der Waals surface area contributed by atoms with Crippen LogP contribution in [0.1, 0.15) is 52.4 Å². The zero-order valence-corrected chi connectivity index (χ0v) is 13.7. The number of rotatable bonds is 9. The predicted octanol–water partition coefficient (Wildman–Crippen LogP) is 1.33. The summed E-state index contributed by atoms with van der Waals surface area (Å²) >= 11 is 0. The van der Waals surface area contributed by atoms with Crippen LogP contribution in [0.3, 0.4) is 0 Å². The fourth-order valence-corrected chi connectivity index (χ4v) is 4.55. The highest BCUT2D eigenvalue weighted by molar-refractivity contribution is 7.89. The maximum Gasteiger partial charge on any atom is 0.214 e. The minimum atomic E-state index is -3.25. The van der Waals surface area contributed by atoms with Crippen molar-refractivity contribution < 1.29 is 13.5 Å². The van der Waals surface area contributed by atoms with E-state index in [-0.39, 0.29) is 24.9 Å². The Labute approximate surface area is 123 Å². The second-order valence-corrected chi connectivity index (χ2v) is 7.95. The third-order valence-corrected chi connectivity index (χ3v) is 5.79. The van der Waals surface area contributed by atoms with Crippen LogP contribution in [0.25, 0.3) is 0 Å². The molecule has 0 heterocycles. The zero-order valence-electron chi connectivity index (χ0n) is 12.8. The lowest BCUT2D eigenvalue weighted by Gasteiger charge is -2.33. The first-order valence-electron chi connectivity index (χ1n) is 7.81. The molecule has 0 bridgehead atoms. The van der Waals surface area contributed by atoms with Gasteiger partial charge in [0.1, 0.15) is 0 Å². The first-order chi connectivity index (χ1) is 9.47. The van der Waals surface area contributed by atoms with Crippen LogP contribution in [-0.2, 0) is 10.0 Å². The van der Waals surface area contributed by atoms with E-state index in [0.29, 0.717) is 19.0 Å². The average molecular weight is 306 g/mol. The smallest absolute Gasteiger partial charge is 0.214 e. The molecule has 0 amide bonds. The van der Waals surface area contributed by atoms with Gasteiger partial charge in [-0.25, -0.2) is 8.42 Å². The summed E-state index contributed by atoms with van der Waals surface area (Å²) in [5, 5.41) is 12.4. The van der Waals surface area contributed by atoms with E-state index in [1.54, 1.807) is 4.31 Å². The van der Waals surface area contributed by atoms with Gasteiger partial charge in [-0.05, 0) is 25.8 Å². The summed E-state index contributed by atoms with van der Waals surface area (Å²) < 4.78 is 26.5. The van der Waals surface area contributed by atoms with Crippen molar-refractivity contribution in [2.75, 3.05) is 25.4 Å². The minimum absolute atomic E-state index is 0.0963. The summed E-state index contributed by atoms with van der Waals surface area (Å²) in [5.41, 5.74) is 0. The molecule has 0 atom stereocenters. The van der Waals surface area contributed by atoms with Gasteiger partial charge in [-0.2, -0.15) is 4.31 Å². The summed E-state index contributed by atoms with van der Waals surface area (Å²) in [7, 11) is -3.25. The summed E-state index contributed by atoms with van der Waals surface area (Å²) in [4.78, 5) is 0. The largest absolute Gasteiger partial charge is 0.395 e. The third-order valence-electron chi connectivity index (χ3n) is 3.79. The minimum Gasteiger partial charge on any atom is -0.395 e. The van der Waals surface area contributed by atoms with Gasteiger partial charge >= 0.3 is 0 Å². The van der Waals surface area contributed by atoms with Crippen molar-refractivity contribution in [3.05, 3.63) is 0 Å². The van der Waals surface area contributed by atoms with E-state index in [9.17, 15) is 8.42 Å². The van der Waals surface area contributed by atoms with E-state index in [2.05, 4.69) is 19.2 Å². The molecular formula is C14H30N2O3S. The molecule has 0 aromatic carbocycles. The highest BCUT2D eigenvalue weighted by Gasteiger charge is 2.29. The van der Waals surface area contributed by atoms with Gasteiger partial charge < -0.3 is 10.4 Å². The van der Waals surface area contributed by atoms with Crippen LogP contribution >= 0.6 is 0 Å². The molecule has 1 aliphatic rings. The Morgan fingerprint density at radius 1 is 1.25 bits per heavy atom. The molecule has 6 heteroatoms. The topological polar surface area (TPSA) is 69.6 Å². The second-order valence-electron chi connectivity index (χ2n) is 5.90. The highest BCUT2D eigenvalue weighted by atomic mass is 32.2. The first-order valence-corrected chi connectivity index (χ1v) is 9.42. The van der Waals surface area contributed by atoms with E-state index in [4.69, 9.17) is 5.11 Å². The van der Waals surface area contributed by atoms with Crippen molar-refractivity contribution >= 4 is 10.0 Å². The average Bonchev–Trinajstić information content (AvgIpc) is 2.41. The van der Waals surface area contributed by atoms with Crippen LogP contribution in [0.5, 0.6) is 0 Å². The van der Waals surface area contributed by atoms with Gasteiger partial charge in [0.25, 0.3) is 0 Å². The Balaban J connectivity index is 2.54. The molecule has 0 aromatic heterocycles. The molecule has 1 saturated carbocycles. The lowest BCUT2D eigenvalue weighted by atomic mass is 9.95. The Morgan fingerprint density at radius 2 is 1.90 bits per heavy atom. The quantitative estimate of drug-likeness (QED) is 0.631. The molecule has 0 spiro atoms. The molecule has 0 unspecified atom stereocenters. The molecular weight excluding hydrogens is 276 g/mol. The van der Waals surface area contributed by atoms with Gasteiger partial charge in [0.05, 0.1) is 12.4 Å². The second kappa shape index (κ2) is 8.97. The van der Waals surface area contributed by atoms with Gasteiger partial charge in [0.15, 0.2) is 0 Å². The SMILES string of the molecule is CC(C)NCCCS(=O)(=O)N(CCO)C1CCCCC1. The van der Waals surface area contributed by atoms with E-state index >= 15 is 0 Å². The Bertz CT molecular complexity index is 351. The van der Waals surface area contributed by atoms with Gasteiger partial charge in [-0.1, -0.05) is 33.1 Å². The molecule has 0 aromatic rings. The molecule has 120 valence electrons. The molecule has 1 aliphatic carbocycles. The molecule has 1 fully saturated rings. The Morgan fingerprint density at radius 3 is 2.45 bits per heavy atom. The van der Waals surface area contributed by atoms with Crippen LogP contribution in [0.4, 0.5) is 0 Å². The van der Waals surface area contributed by atoms with Gasteiger partial charge in [-0.15, -0.1) is 0 Å². The van der Waals surface area contributed by atoms with Gasteiger partial charge in [0, 0.05) is 18.6 Å². The maximum atomic E-state index is 12.5. The lowest BCUT2D eigenvalue weighted by molar-refractivity contribution is 0.199. The normalized spacial score (nSPS) is 18.1. The van der Waals surface area contributed by atoms with E-state index in [1.807, 2.05) is 0 Å². The van der Waals surface area contributed by atoms with Gasteiger partial charge in [0.2, 0.25) is 10.0 Å². The van der Waals surface area contributed by atoms with Crippen molar-refractivity contribution in [1.29, 1.82) is 0 Å². The molecule has 0 aliphatic heterocycles. The number of hydrogen-bond acceptors (Lipinski definition) is 4. The van der Waals surface area contributed by atoms with Crippen molar-refractivity contribution in [2.24, 2.45) is 0 Å². The number of aliphatic hydroxyl groups is 1. The molecule has 20 heavy (non-hydrogen) atoms. The fraction of sp³-hybridized carbons (Fsp3) is 1.00. The third kappa shape index (κ3) is 6.08. The monoisotopic (exact) mass is 306 g/mol. The number of hydrogen-bond donors (Lipinski definition) is 2. The van der Waals surface area contributed by atoms with Crippen LogP contribution in [-0.4, -0.2) is 55.4 Å². The number of nitrogens with zero attached hydrogens (tertiary/aromatic N) is 1. The summed E-state index contributed by atoms with van der Waals surface area (Å²) in [5.74, 6) is 0.170. The molecule has 2 N–H and O–H groups in total. The van der Waals surface area contributed by atoms with Crippen LogP contribution < -0.4 is 5.32 Å². The summed E-state index contributed by atoms with van der Waals surface area (Å²) in [6.07, 6.45) is 5.87. The maximum absolute atomic E-state index is 12.5. The highest BCUT2D eigenvalue weighted by Crippen LogP contribution is 2.24. The van der Waals surface area contributed by atoms with Crippen LogP contribution in [0.2, 0.25) is 0 Å².